The molecule has 0 aromatic carbocycles. The summed E-state index contributed by atoms with van der Waals surface area (Å²) < 4.78 is 24.3. The Labute approximate surface area is 57.0 Å². The van der Waals surface area contributed by atoms with Gasteiger partial charge in [-0.2, -0.15) is 0 Å². The maximum Gasteiger partial charge on any atom is 0.405 e. The number of carbonyl (C=O) groups is 1. The van der Waals surface area contributed by atoms with Gasteiger partial charge in [0.15, 0.2) is 0 Å². The SMILES string of the molecule is C[C@@H](NC(=O)O)C(C)(F)F. The molecule has 0 radical (unpaired) electrons. The molecule has 0 bridgehead atoms. The molecule has 0 aliphatic carbocycles. The summed E-state index contributed by atoms with van der Waals surface area (Å²) in [6.07, 6.45) is -1.44. The maximum atomic E-state index is 12.2. The predicted molar refractivity (Wildman–Crippen MR) is 31.2 cm³/mol. The zero-order valence-corrected chi connectivity index (χ0v) is 5.69. The number of carboxylic acid groups (broad SMARTS) is 1. The van der Waals surface area contributed by atoms with Gasteiger partial charge in [0.2, 0.25) is 0 Å². The van der Waals surface area contributed by atoms with E-state index in [2.05, 4.69) is 0 Å². The normalized spacial score (nSPS) is 14.4. The van der Waals surface area contributed by atoms with Crippen molar-refractivity contribution >= 4 is 6.09 Å². The summed E-state index contributed by atoms with van der Waals surface area (Å²) in [4.78, 5) is 9.81. The van der Waals surface area contributed by atoms with Crippen LogP contribution in [-0.4, -0.2) is 23.2 Å². The highest BCUT2D eigenvalue weighted by molar-refractivity contribution is 5.64. The highest BCUT2D eigenvalue weighted by Gasteiger charge is 2.30. The van der Waals surface area contributed by atoms with Gasteiger partial charge in [0.25, 0.3) is 5.92 Å². The fourth-order valence-corrected chi connectivity index (χ4v) is 0.312. The summed E-state index contributed by atoms with van der Waals surface area (Å²) in [6, 6.07) is -1.34. The number of nitrogens with one attached hydrogen (secondary N) is 1. The first kappa shape index (κ1) is 9.13. The largest absolute Gasteiger partial charge is 0.465 e. The summed E-state index contributed by atoms with van der Waals surface area (Å²) in [7, 11) is 0. The lowest BCUT2D eigenvalue weighted by atomic mass is 10.2. The fraction of sp³-hybridized carbons (Fsp3) is 0.800. The van der Waals surface area contributed by atoms with Gasteiger partial charge in [0.1, 0.15) is 0 Å². The van der Waals surface area contributed by atoms with Crippen LogP contribution in [0, 0.1) is 0 Å². The third kappa shape index (κ3) is 3.21. The van der Waals surface area contributed by atoms with Crippen LogP contribution in [-0.2, 0) is 0 Å². The molecule has 0 unspecified atom stereocenters. The topological polar surface area (TPSA) is 49.3 Å². The van der Waals surface area contributed by atoms with Crippen LogP contribution in [0.3, 0.4) is 0 Å². The van der Waals surface area contributed by atoms with Gasteiger partial charge in [-0.05, 0) is 6.92 Å². The van der Waals surface area contributed by atoms with E-state index >= 15 is 0 Å². The minimum atomic E-state index is -3.00. The quantitative estimate of drug-likeness (QED) is 0.628. The summed E-state index contributed by atoms with van der Waals surface area (Å²) in [6.45, 7) is 1.77. The molecule has 0 aliphatic heterocycles. The molecule has 0 saturated heterocycles. The molecule has 0 aromatic heterocycles. The third-order valence-corrected chi connectivity index (χ3v) is 1.10. The van der Waals surface area contributed by atoms with Crippen molar-refractivity contribution in [3.8, 4) is 0 Å². The van der Waals surface area contributed by atoms with Crippen molar-refractivity contribution in [2.24, 2.45) is 0 Å². The van der Waals surface area contributed by atoms with E-state index in [9.17, 15) is 13.6 Å². The number of amides is 1. The molecule has 0 rings (SSSR count). The molecule has 2 N–H and O–H groups in total. The van der Waals surface area contributed by atoms with E-state index in [-0.39, 0.29) is 0 Å². The Hall–Kier alpha value is -0.870. The van der Waals surface area contributed by atoms with Crippen LogP contribution in [0.2, 0.25) is 0 Å². The van der Waals surface area contributed by atoms with E-state index < -0.39 is 18.1 Å². The fourth-order valence-electron chi connectivity index (χ4n) is 0.312. The summed E-state index contributed by atoms with van der Waals surface area (Å²) >= 11 is 0. The second-order valence-corrected chi connectivity index (χ2v) is 2.13. The van der Waals surface area contributed by atoms with E-state index in [1.165, 1.54) is 0 Å². The number of alkyl halides is 2. The first-order chi connectivity index (χ1) is 4.34. The number of halogens is 2. The van der Waals surface area contributed by atoms with E-state index in [0.717, 1.165) is 6.92 Å². The van der Waals surface area contributed by atoms with Gasteiger partial charge < -0.3 is 10.4 Å². The van der Waals surface area contributed by atoms with E-state index in [1.807, 2.05) is 0 Å². The lowest BCUT2D eigenvalue weighted by Crippen LogP contribution is -2.43. The summed E-state index contributed by atoms with van der Waals surface area (Å²) in [5, 5.41) is 9.65. The van der Waals surface area contributed by atoms with Crippen LogP contribution >= 0.6 is 0 Å². The molecule has 1 atom stereocenters. The number of hydrogen-bond donors (Lipinski definition) is 2. The molecule has 0 spiro atoms. The van der Waals surface area contributed by atoms with Gasteiger partial charge in [0, 0.05) is 6.92 Å². The molecule has 0 aliphatic rings. The van der Waals surface area contributed by atoms with Gasteiger partial charge in [-0.25, -0.2) is 13.6 Å². The van der Waals surface area contributed by atoms with Crippen molar-refractivity contribution in [3.05, 3.63) is 0 Å². The zero-order valence-electron chi connectivity index (χ0n) is 5.69. The molecule has 0 heterocycles. The van der Waals surface area contributed by atoms with Crippen LogP contribution in [0.5, 0.6) is 0 Å². The summed E-state index contributed by atoms with van der Waals surface area (Å²) in [5.74, 6) is -3.00. The Bertz CT molecular complexity index is 132. The smallest absolute Gasteiger partial charge is 0.405 e. The average molecular weight is 153 g/mol. The third-order valence-electron chi connectivity index (χ3n) is 1.10. The van der Waals surface area contributed by atoms with Gasteiger partial charge in [-0.3, -0.25) is 0 Å². The van der Waals surface area contributed by atoms with Crippen molar-refractivity contribution < 1.29 is 18.7 Å². The van der Waals surface area contributed by atoms with Crippen molar-refractivity contribution in [3.63, 3.8) is 0 Å². The monoisotopic (exact) mass is 153 g/mol. The molecular weight excluding hydrogens is 144 g/mol. The maximum absolute atomic E-state index is 12.2. The lowest BCUT2D eigenvalue weighted by Gasteiger charge is -2.18. The molecular formula is C5H9F2NO2. The average Bonchev–Trinajstić information content (AvgIpc) is 1.60. The standard InChI is InChI=1S/C5H9F2NO2/c1-3(5(2,6)7)8-4(9)10/h3,8H,1-2H3,(H,9,10)/t3-/m1/s1. The molecule has 10 heavy (non-hydrogen) atoms. The Morgan fingerprint density at radius 3 is 2.20 bits per heavy atom. The molecule has 60 valence electrons. The second-order valence-electron chi connectivity index (χ2n) is 2.13. The second kappa shape index (κ2) is 2.81. The van der Waals surface area contributed by atoms with Crippen LogP contribution in [0.25, 0.3) is 0 Å². The Balaban J connectivity index is 3.85. The van der Waals surface area contributed by atoms with Gasteiger partial charge in [0.05, 0.1) is 6.04 Å². The van der Waals surface area contributed by atoms with Crippen LogP contribution < -0.4 is 5.32 Å². The minimum Gasteiger partial charge on any atom is -0.465 e. The lowest BCUT2D eigenvalue weighted by molar-refractivity contribution is -0.0106. The number of rotatable bonds is 2. The van der Waals surface area contributed by atoms with Gasteiger partial charge >= 0.3 is 6.09 Å². The minimum absolute atomic E-state index is 0.660. The van der Waals surface area contributed by atoms with Crippen molar-refractivity contribution in [2.75, 3.05) is 0 Å². The molecule has 5 heteroatoms. The number of hydrogen-bond acceptors (Lipinski definition) is 1. The highest BCUT2D eigenvalue weighted by atomic mass is 19.3. The van der Waals surface area contributed by atoms with E-state index in [0.29, 0.717) is 6.92 Å². The predicted octanol–water partition coefficient (Wildman–Crippen LogP) is 1.30. The first-order valence-corrected chi connectivity index (χ1v) is 2.71. The van der Waals surface area contributed by atoms with Crippen LogP contribution in [0.4, 0.5) is 13.6 Å². The van der Waals surface area contributed by atoms with Crippen molar-refractivity contribution in [1.82, 2.24) is 5.32 Å². The molecule has 1 amide bonds. The van der Waals surface area contributed by atoms with Gasteiger partial charge in [-0.1, -0.05) is 0 Å². The van der Waals surface area contributed by atoms with Crippen LogP contribution in [0.1, 0.15) is 13.8 Å². The molecule has 0 fully saturated rings. The van der Waals surface area contributed by atoms with Crippen molar-refractivity contribution in [1.29, 1.82) is 0 Å². The first-order valence-electron chi connectivity index (χ1n) is 2.71. The summed E-state index contributed by atoms with van der Waals surface area (Å²) in [5.41, 5.74) is 0. The Morgan fingerprint density at radius 2 is 2.10 bits per heavy atom. The van der Waals surface area contributed by atoms with Crippen molar-refractivity contribution in [2.45, 2.75) is 25.8 Å². The zero-order chi connectivity index (χ0) is 8.36. The molecule has 3 nitrogen and oxygen atoms in total. The van der Waals surface area contributed by atoms with Gasteiger partial charge in [-0.15, -0.1) is 0 Å². The van der Waals surface area contributed by atoms with Crippen LogP contribution in [0.15, 0.2) is 0 Å². The van der Waals surface area contributed by atoms with E-state index in [4.69, 9.17) is 5.11 Å². The molecule has 0 aromatic rings. The highest BCUT2D eigenvalue weighted by Crippen LogP contribution is 2.16. The van der Waals surface area contributed by atoms with E-state index in [1.54, 1.807) is 5.32 Å². The Morgan fingerprint density at radius 1 is 1.70 bits per heavy atom. The Kier molecular flexibility index (Phi) is 2.56. The molecule has 0 saturated carbocycles.